The molecule has 4 heteroatoms. The highest BCUT2D eigenvalue weighted by molar-refractivity contribution is 5.75. The van der Waals surface area contributed by atoms with E-state index in [4.69, 9.17) is 0 Å². The summed E-state index contributed by atoms with van der Waals surface area (Å²) >= 11 is 0. The van der Waals surface area contributed by atoms with Crippen molar-refractivity contribution in [1.82, 2.24) is 10.2 Å². The molecule has 2 fully saturated rings. The van der Waals surface area contributed by atoms with Crippen molar-refractivity contribution in [3.8, 4) is 0 Å². The molecule has 1 saturated carbocycles. The summed E-state index contributed by atoms with van der Waals surface area (Å²) in [6.07, 6.45) is 5.80. The van der Waals surface area contributed by atoms with Crippen LogP contribution in [0.2, 0.25) is 0 Å². The maximum absolute atomic E-state index is 13.2. The third kappa shape index (κ3) is 3.42. The first-order valence-corrected chi connectivity index (χ1v) is 8.44. The van der Waals surface area contributed by atoms with Gasteiger partial charge in [-0.15, -0.1) is 0 Å². The number of nitrogens with zero attached hydrogens (tertiary/aromatic N) is 1. The molecule has 0 aromatic heterocycles. The van der Waals surface area contributed by atoms with E-state index in [1.54, 1.807) is 0 Å². The van der Waals surface area contributed by atoms with Crippen LogP contribution >= 0.6 is 0 Å². The van der Waals surface area contributed by atoms with Crippen LogP contribution in [0.5, 0.6) is 0 Å². The van der Waals surface area contributed by atoms with Crippen LogP contribution in [-0.4, -0.2) is 24.0 Å². The van der Waals surface area contributed by atoms with Crippen LogP contribution in [0.4, 0.5) is 9.18 Å². The van der Waals surface area contributed by atoms with Crippen LogP contribution in [-0.2, 0) is 0 Å². The first-order chi connectivity index (χ1) is 10.6. The van der Waals surface area contributed by atoms with Crippen LogP contribution < -0.4 is 5.32 Å². The normalized spacial score (nSPS) is 23.7. The van der Waals surface area contributed by atoms with Gasteiger partial charge in [-0.3, -0.25) is 0 Å². The number of halogens is 1. The van der Waals surface area contributed by atoms with Gasteiger partial charge in [0.15, 0.2) is 0 Å². The topological polar surface area (TPSA) is 32.3 Å². The number of carbonyl (C=O) groups is 1. The minimum Gasteiger partial charge on any atom is -0.331 e. The zero-order valence-electron chi connectivity index (χ0n) is 13.2. The van der Waals surface area contributed by atoms with Crippen LogP contribution in [0.1, 0.15) is 50.6 Å². The first kappa shape index (κ1) is 15.3. The largest absolute Gasteiger partial charge is 0.331 e. The number of likely N-dealkylation sites (tertiary alicyclic amines) is 1. The molecule has 0 radical (unpaired) electrons. The molecule has 120 valence electrons. The maximum Gasteiger partial charge on any atom is 0.317 e. The Morgan fingerprint density at radius 2 is 1.91 bits per heavy atom. The zero-order valence-corrected chi connectivity index (χ0v) is 13.2. The third-order valence-electron chi connectivity index (χ3n) is 5.09. The second-order valence-corrected chi connectivity index (χ2v) is 6.86. The van der Waals surface area contributed by atoms with E-state index in [2.05, 4.69) is 12.2 Å². The highest BCUT2D eigenvalue weighted by Gasteiger charge is 2.30. The summed E-state index contributed by atoms with van der Waals surface area (Å²) in [4.78, 5) is 14.5. The summed E-state index contributed by atoms with van der Waals surface area (Å²) in [6, 6.07) is 6.64. The molecule has 1 aromatic carbocycles. The van der Waals surface area contributed by atoms with Crippen LogP contribution in [0.3, 0.4) is 0 Å². The zero-order chi connectivity index (χ0) is 15.5. The molecule has 1 aliphatic carbocycles. The van der Waals surface area contributed by atoms with Crippen molar-refractivity contribution in [3.63, 3.8) is 0 Å². The first-order valence-electron chi connectivity index (χ1n) is 8.44. The van der Waals surface area contributed by atoms with Crippen molar-refractivity contribution >= 4 is 6.03 Å². The number of rotatable bonds is 3. The van der Waals surface area contributed by atoms with E-state index in [0.717, 1.165) is 37.9 Å². The summed E-state index contributed by atoms with van der Waals surface area (Å²) in [6.45, 7) is 3.86. The monoisotopic (exact) mass is 304 g/mol. The molecule has 3 nitrogen and oxygen atoms in total. The average molecular weight is 304 g/mol. The SMILES string of the molecule is CC1CCN(C(=O)NC(c2ccc(F)cc2)C2CCCC2)C1. The summed E-state index contributed by atoms with van der Waals surface area (Å²) in [7, 11) is 0. The molecular weight excluding hydrogens is 279 g/mol. The van der Waals surface area contributed by atoms with Gasteiger partial charge in [-0.1, -0.05) is 31.9 Å². The quantitative estimate of drug-likeness (QED) is 0.895. The number of nitrogens with one attached hydrogen (secondary N) is 1. The van der Waals surface area contributed by atoms with E-state index in [1.807, 2.05) is 17.0 Å². The van der Waals surface area contributed by atoms with Crippen molar-refractivity contribution in [2.24, 2.45) is 11.8 Å². The van der Waals surface area contributed by atoms with Gasteiger partial charge in [-0.2, -0.15) is 0 Å². The van der Waals surface area contributed by atoms with Gasteiger partial charge in [-0.25, -0.2) is 9.18 Å². The molecule has 1 saturated heterocycles. The van der Waals surface area contributed by atoms with E-state index in [1.165, 1.54) is 25.0 Å². The van der Waals surface area contributed by atoms with E-state index in [9.17, 15) is 9.18 Å². The Morgan fingerprint density at radius 1 is 1.23 bits per heavy atom. The second kappa shape index (κ2) is 6.67. The Bertz CT molecular complexity index is 510. The molecule has 2 atom stereocenters. The molecule has 1 aliphatic heterocycles. The predicted octanol–water partition coefficient (Wildman–Crippen LogP) is 4.11. The minimum atomic E-state index is -0.228. The van der Waals surface area contributed by atoms with Crippen molar-refractivity contribution in [1.29, 1.82) is 0 Å². The Morgan fingerprint density at radius 3 is 2.50 bits per heavy atom. The number of urea groups is 1. The van der Waals surface area contributed by atoms with Gasteiger partial charge in [0.1, 0.15) is 5.82 Å². The third-order valence-corrected chi connectivity index (χ3v) is 5.09. The molecule has 0 spiro atoms. The molecular formula is C18H25FN2O. The standard InChI is InChI=1S/C18H25FN2O/c1-13-10-11-21(12-13)18(22)20-17(14-4-2-3-5-14)15-6-8-16(19)9-7-15/h6-9,13-14,17H,2-5,10-12H2,1H3,(H,20,22). The summed E-state index contributed by atoms with van der Waals surface area (Å²) in [5.74, 6) is 0.824. The summed E-state index contributed by atoms with van der Waals surface area (Å²) in [5.41, 5.74) is 1.02. The molecule has 2 amide bonds. The molecule has 0 bridgehead atoms. The smallest absolute Gasteiger partial charge is 0.317 e. The number of hydrogen-bond acceptors (Lipinski definition) is 1. The molecule has 1 aromatic rings. The van der Waals surface area contributed by atoms with Gasteiger partial charge in [-0.05, 0) is 48.8 Å². The van der Waals surface area contributed by atoms with Gasteiger partial charge in [0.05, 0.1) is 6.04 Å². The Kier molecular flexibility index (Phi) is 4.65. The Labute approximate surface area is 131 Å². The lowest BCUT2D eigenvalue weighted by Gasteiger charge is -2.28. The second-order valence-electron chi connectivity index (χ2n) is 6.86. The molecule has 2 unspecified atom stereocenters. The van der Waals surface area contributed by atoms with E-state index in [0.29, 0.717) is 11.8 Å². The molecule has 2 aliphatic rings. The number of hydrogen-bond donors (Lipinski definition) is 1. The van der Waals surface area contributed by atoms with Gasteiger partial charge in [0.2, 0.25) is 0 Å². The number of carbonyl (C=O) groups excluding carboxylic acids is 1. The predicted molar refractivity (Wildman–Crippen MR) is 85.0 cm³/mol. The molecule has 3 rings (SSSR count). The minimum absolute atomic E-state index is 0.00602. The van der Waals surface area contributed by atoms with Gasteiger partial charge < -0.3 is 10.2 Å². The Balaban J connectivity index is 1.73. The highest BCUT2D eigenvalue weighted by atomic mass is 19.1. The van der Waals surface area contributed by atoms with Crippen molar-refractivity contribution in [3.05, 3.63) is 35.6 Å². The summed E-state index contributed by atoms with van der Waals surface area (Å²) in [5, 5.41) is 3.22. The van der Waals surface area contributed by atoms with Crippen molar-refractivity contribution in [2.45, 2.75) is 45.1 Å². The fraction of sp³-hybridized carbons (Fsp3) is 0.611. The van der Waals surface area contributed by atoms with Crippen LogP contribution in [0, 0.1) is 17.7 Å². The van der Waals surface area contributed by atoms with Crippen molar-refractivity contribution in [2.75, 3.05) is 13.1 Å². The fourth-order valence-electron chi connectivity index (χ4n) is 3.78. The number of benzene rings is 1. The molecule has 1 N–H and O–H groups in total. The summed E-state index contributed by atoms with van der Waals surface area (Å²) < 4.78 is 13.2. The van der Waals surface area contributed by atoms with E-state index < -0.39 is 0 Å². The average Bonchev–Trinajstić information content (AvgIpc) is 3.17. The van der Waals surface area contributed by atoms with E-state index >= 15 is 0 Å². The maximum atomic E-state index is 13.2. The van der Waals surface area contributed by atoms with E-state index in [-0.39, 0.29) is 17.9 Å². The number of amides is 2. The Hall–Kier alpha value is -1.58. The van der Waals surface area contributed by atoms with Crippen molar-refractivity contribution < 1.29 is 9.18 Å². The lowest BCUT2D eigenvalue weighted by molar-refractivity contribution is 0.197. The van der Waals surface area contributed by atoms with Crippen LogP contribution in [0.15, 0.2) is 24.3 Å². The van der Waals surface area contributed by atoms with Gasteiger partial charge in [0, 0.05) is 13.1 Å². The lowest BCUT2D eigenvalue weighted by Crippen LogP contribution is -2.42. The molecule has 22 heavy (non-hydrogen) atoms. The van der Waals surface area contributed by atoms with Gasteiger partial charge in [0.25, 0.3) is 0 Å². The fourth-order valence-corrected chi connectivity index (χ4v) is 3.78. The van der Waals surface area contributed by atoms with Crippen LogP contribution in [0.25, 0.3) is 0 Å². The van der Waals surface area contributed by atoms with Gasteiger partial charge >= 0.3 is 6.03 Å². The highest BCUT2D eigenvalue weighted by Crippen LogP contribution is 2.36. The lowest BCUT2D eigenvalue weighted by atomic mass is 9.91. The molecule has 1 heterocycles.